The summed E-state index contributed by atoms with van der Waals surface area (Å²) in [6.07, 6.45) is 2.53. The van der Waals surface area contributed by atoms with Gasteiger partial charge in [0.15, 0.2) is 5.69 Å². The smallest absolute Gasteiger partial charge is 0.274 e. The molecule has 1 fully saturated rings. The largest absolute Gasteiger partial charge is 0.490 e. The summed E-state index contributed by atoms with van der Waals surface area (Å²) in [6, 6.07) is 7.39. The molecular formula is C19H22ClN3O3. The minimum Gasteiger partial charge on any atom is -0.490 e. The number of rotatable bonds is 3. The second-order valence-electron chi connectivity index (χ2n) is 6.76. The number of carbonyl (C=O) groups is 1. The number of likely N-dealkylation sites (tertiary alicyclic amines) is 1. The SMILES string of the molecule is Cn1nc(C(=O)N2CCC(Oc3ccc(Cl)cc3)CC2)c2c1CCOC2. The predicted octanol–water partition coefficient (Wildman–Crippen LogP) is 2.83. The van der Waals surface area contributed by atoms with Crippen molar-refractivity contribution in [2.24, 2.45) is 7.05 Å². The fourth-order valence-corrected chi connectivity index (χ4v) is 3.74. The third-order valence-electron chi connectivity index (χ3n) is 5.05. The molecule has 2 aliphatic rings. The minimum absolute atomic E-state index is 0.00251. The van der Waals surface area contributed by atoms with E-state index in [1.54, 1.807) is 0 Å². The Kier molecular flexibility index (Phi) is 4.87. The van der Waals surface area contributed by atoms with Crippen LogP contribution in [-0.2, 0) is 24.8 Å². The van der Waals surface area contributed by atoms with Gasteiger partial charge in [-0.1, -0.05) is 11.6 Å². The van der Waals surface area contributed by atoms with Crippen molar-refractivity contribution in [3.8, 4) is 5.75 Å². The molecule has 0 aliphatic carbocycles. The Bertz CT molecular complexity index is 795. The minimum atomic E-state index is -0.00251. The highest BCUT2D eigenvalue weighted by atomic mass is 35.5. The lowest BCUT2D eigenvalue weighted by atomic mass is 10.1. The first kappa shape index (κ1) is 17.4. The number of nitrogens with zero attached hydrogens (tertiary/aromatic N) is 3. The lowest BCUT2D eigenvalue weighted by molar-refractivity contribution is 0.0581. The summed E-state index contributed by atoms with van der Waals surface area (Å²) in [5.74, 6) is 0.812. The van der Waals surface area contributed by atoms with Crippen molar-refractivity contribution in [2.75, 3.05) is 19.7 Å². The number of aryl methyl sites for hydroxylation is 1. The van der Waals surface area contributed by atoms with E-state index >= 15 is 0 Å². The van der Waals surface area contributed by atoms with Crippen LogP contribution in [-0.4, -0.2) is 46.4 Å². The Labute approximate surface area is 157 Å². The average Bonchev–Trinajstić information content (AvgIpc) is 3.01. The van der Waals surface area contributed by atoms with Crippen molar-refractivity contribution in [3.63, 3.8) is 0 Å². The van der Waals surface area contributed by atoms with Gasteiger partial charge < -0.3 is 14.4 Å². The van der Waals surface area contributed by atoms with E-state index in [0.29, 0.717) is 37.0 Å². The third kappa shape index (κ3) is 3.44. The number of piperidine rings is 1. The normalized spacial score (nSPS) is 17.8. The van der Waals surface area contributed by atoms with Gasteiger partial charge in [0.25, 0.3) is 5.91 Å². The number of carbonyl (C=O) groups excluding carboxylic acids is 1. The molecule has 0 saturated carbocycles. The average molecular weight is 376 g/mol. The van der Waals surface area contributed by atoms with E-state index in [0.717, 1.165) is 36.3 Å². The predicted molar refractivity (Wildman–Crippen MR) is 97.6 cm³/mol. The summed E-state index contributed by atoms with van der Waals surface area (Å²) in [5.41, 5.74) is 2.60. The molecule has 138 valence electrons. The van der Waals surface area contributed by atoms with Crippen LogP contribution in [0.2, 0.25) is 5.02 Å². The maximum Gasteiger partial charge on any atom is 0.274 e. The zero-order valence-corrected chi connectivity index (χ0v) is 15.5. The zero-order valence-electron chi connectivity index (χ0n) is 14.8. The summed E-state index contributed by atoms with van der Waals surface area (Å²) in [4.78, 5) is 14.8. The van der Waals surface area contributed by atoms with Crippen LogP contribution in [0.4, 0.5) is 0 Å². The molecule has 26 heavy (non-hydrogen) atoms. The van der Waals surface area contributed by atoms with Crippen LogP contribution >= 0.6 is 11.6 Å². The van der Waals surface area contributed by atoms with Crippen molar-refractivity contribution >= 4 is 17.5 Å². The number of hydrogen-bond acceptors (Lipinski definition) is 4. The molecule has 7 heteroatoms. The van der Waals surface area contributed by atoms with Crippen LogP contribution in [0.3, 0.4) is 0 Å². The van der Waals surface area contributed by atoms with Gasteiger partial charge >= 0.3 is 0 Å². The summed E-state index contributed by atoms with van der Waals surface area (Å²) < 4.78 is 13.3. The molecule has 1 saturated heterocycles. The summed E-state index contributed by atoms with van der Waals surface area (Å²) in [7, 11) is 1.90. The van der Waals surface area contributed by atoms with Crippen molar-refractivity contribution in [1.82, 2.24) is 14.7 Å². The first-order chi connectivity index (χ1) is 12.6. The van der Waals surface area contributed by atoms with E-state index in [1.165, 1.54) is 0 Å². The van der Waals surface area contributed by atoms with Gasteiger partial charge in [0.2, 0.25) is 0 Å². The highest BCUT2D eigenvalue weighted by Crippen LogP contribution is 2.24. The lowest BCUT2D eigenvalue weighted by Gasteiger charge is -2.32. The summed E-state index contributed by atoms with van der Waals surface area (Å²) in [5, 5.41) is 5.16. The van der Waals surface area contributed by atoms with E-state index in [1.807, 2.05) is 40.9 Å². The van der Waals surface area contributed by atoms with Crippen molar-refractivity contribution in [2.45, 2.75) is 32.0 Å². The molecule has 0 radical (unpaired) electrons. The van der Waals surface area contributed by atoms with Gasteiger partial charge in [-0.15, -0.1) is 0 Å². The molecule has 0 bridgehead atoms. The number of fused-ring (bicyclic) bond motifs is 1. The molecule has 1 aromatic heterocycles. The Hall–Kier alpha value is -2.05. The van der Waals surface area contributed by atoms with Crippen molar-refractivity contribution in [1.29, 1.82) is 0 Å². The summed E-state index contributed by atoms with van der Waals surface area (Å²) in [6.45, 7) is 2.50. The molecule has 6 nitrogen and oxygen atoms in total. The van der Waals surface area contributed by atoms with Gasteiger partial charge in [0.05, 0.1) is 13.2 Å². The number of amides is 1. The molecule has 1 amide bonds. The molecule has 0 spiro atoms. The van der Waals surface area contributed by atoms with E-state index < -0.39 is 0 Å². The Morgan fingerprint density at radius 1 is 1.27 bits per heavy atom. The highest BCUT2D eigenvalue weighted by molar-refractivity contribution is 6.30. The van der Waals surface area contributed by atoms with Gasteiger partial charge in [0, 0.05) is 55.7 Å². The summed E-state index contributed by atoms with van der Waals surface area (Å²) >= 11 is 5.90. The van der Waals surface area contributed by atoms with Crippen LogP contribution in [0.25, 0.3) is 0 Å². The van der Waals surface area contributed by atoms with Gasteiger partial charge in [-0.05, 0) is 24.3 Å². The molecule has 0 atom stereocenters. The van der Waals surface area contributed by atoms with E-state index in [9.17, 15) is 4.79 Å². The van der Waals surface area contributed by atoms with E-state index in [-0.39, 0.29) is 12.0 Å². The number of hydrogen-bond donors (Lipinski definition) is 0. The topological polar surface area (TPSA) is 56.6 Å². The fourth-order valence-electron chi connectivity index (χ4n) is 3.61. The number of aromatic nitrogens is 2. The lowest BCUT2D eigenvalue weighted by Crippen LogP contribution is -2.42. The van der Waals surface area contributed by atoms with Crippen LogP contribution in [0.1, 0.15) is 34.6 Å². The standard InChI is InChI=1S/C19H22ClN3O3/c1-22-17-8-11-25-12-16(17)18(21-22)19(24)23-9-6-15(7-10-23)26-14-4-2-13(20)3-5-14/h2-5,15H,6-12H2,1H3. The maximum atomic E-state index is 12.9. The van der Waals surface area contributed by atoms with E-state index in [4.69, 9.17) is 21.1 Å². The monoisotopic (exact) mass is 375 g/mol. The van der Waals surface area contributed by atoms with Crippen LogP contribution in [0.15, 0.2) is 24.3 Å². The van der Waals surface area contributed by atoms with E-state index in [2.05, 4.69) is 5.10 Å². The maximum absolute atomic E-state index is 12.9. The highest BCUT2D eigenvalue weighted by Gasteiger charge is 2.30. The molecule has 4 rings (SSSR count). The second kappa shape index (κ2) is 7.29. The molecule has 2 aliphatic heterocycles. The Balaban J connectivity index is 1.39. The van der Waals surface area contributed by atoms with Crippen LogP contribution in [0, 0.1) is 0 Å². The van der Waals surface area contributed by atoms with Crippen molar-refractivity contribution < 1.29 is 14.3 Å². The number of halogens is 1. The van der Waals surface area contributed by atoms with Gasteiger partial charge in [-0.3, -0.25) is 9.48 Å². The number of ether oxygens (including phenoxy) is 2. The van der Waals surface area contributed by atoms with Crippen molar-refractivity contribution in [3.05, 3.63) is 46.2 Å². The first-order valence-electron chi connectivity index (χ1n) is 8.96. The second-order valence-corrected chi connectivity index (χ2v) is 7.20. The van der Waals surface area contributed by atoms with Gasteiger partial charge in [0.1, 0.15) is 11.9 Å². The molecular weight excluding hydrogens is 354 g/mol. The zero-order chi connectivity index (χ0) is 18.1. The molecule has 2 aromatic rings. The van der Waals surface area contributed by atoms with Gasteiger partial charge in [-0.25, -0.2) is 0 Å². The Morgan fingerprint density at radius 2 is 2.00 bits per heavy atom. The number of benzene rings is 1. The van der Waals surface area contributed by atoms with Crippen LogP contribution < -0.4 is 4.74 Å². The fraction of sp³-hybridized carbons (Fsp3) is 0.474. The molecule has 0 N–H and O–H groups in total. The molecule has 0 unspecified atom stereocenters. The third-order valence-corrected chi connectivity index (χ3v) is 5.30. The molecule has 1 aromatic carbocycles. The first-order valence-corrected chi connectivity index (χ1v) is 9.33. The Morgan fingerprint density at radius 3 is 2.73 bits per heavy atom. The van der Waals surface area contributed by atoms with Crippen LogP contribution in [0.5, 0.6) is 5.75 Å². The quantitative estimate of drug-likeness (QED) is 0.827. The van der Waals surface area contributed by atoms with Gasteiger partial charge in [-0.2, -0.15) is 5.10 Å². The molecule has 3 heterocycles.